The fraction of sp³-hybridized carbons (Fsp3) is 0.455. The van der Waals surface area contributed by atoms with Crippen molar-refractivity contribution in [3.63, 3.8) is 0 Å². The van der Waals surface area contributed by atoms with Crippen molar-refractivity contribution in [2.24, 2.45) is 0 Å². The number of benzene rings is 2. The standard InChI is InChI=1S/C22H26FNO4/c1-22-15-8-4-2-6-13(15)10-18(14-7-3-5-9-16(14)22)24(22)11-17(23)20(27)21(28)19(26)12-25/h2-9,17-21,25-28H,10-12H2,1H3/i23-1. The smallest absolute Gasteiger partial charge is 0.141 e. The third kappa shape index (κ3) is 2.79. The number of aliphatic hydroxyl groups excluding tert-OH is 4. The highest BCUT2D eigenvalue weighted by Gasteiger charge is 2.53. The number of halogens is 1. The number of aliphatic hydroxyl groups is 4. The van der Waals surface area contributed by atoms with Crippen LogP contribution in [0.25, 0.3) is 0 Å². The van der Waals surface area contributed by atoms with Crippen LogP contribution in [0.2, 0.25) is 0 Å². The summed E-state index contributed by atoms with van der Waals surface area (Å²) in [4.78, 5) is 2.05. The third-order valence-corrected chi connectivity index (χ3v) is 6.42. The van der Waals surface area contributed by atoms with Gasteiger partial charge in [0.05, 0.1) is 12.1 Å². The molecule has 5 nitrogen and oxygen atoms in total. The van der Waals surface area contributed by atoms with Crippen molar-refractivity contribution in [3.05, 3.63) is 70.8 Å². The summed E-state index contributed by atoms with van der Waals surface area (Å²) in [5, 5.41) is 38.6. The second-order valence-corrected chi connectivity index (χ2v) is 7.94. The Morgan fingerprint density at radius 3 is 2.39 bits per heavy atom. The average Bonchev–Trinajstić information content (AvgIpc) is 2.88. The van der Waals surface area contributed by atoms with Gasteiger partial charge in [0, 0.05) is 12.6 Å². The van der Waals surface area contributed by atoms with E-state index in [-0.39, 0.29) is 12.6 Å². The Morgan fingerprint density at radius 2 is 1.68 bits per heavy atom. The van der Waals surface area contributed by atoms with Gasteiger partial charge in [0.2, 0.25) is 0 Å². The van der Waals surface area contributed by atoms with E-state index in [4.69, 9.17) is 5.11 Å². The highest BCUT2D eigenvalue weighted by molar-refractivity contribution is 5.54. The van der Waals surface area contributed by atoms with Crippen LogP contribution in [0.1, 0.15) is 35.2 Å². The molecule has 2 aliphatic rings. The van der Waals surface area contributed by atoms with Gasteiger partial charge in [0.1, 0.15) is 24.5 Å². The monoisotopic (exact) mass is 386 g/mol. The second-order valence-electron chi connectivity index (χ2n) is 7.94. The van der Waals surface area contributed by atoms with E-state index in [1.807, 2.05) is 29.2 Å². The molecule has 0 saturated heterocycles. The first-order valence-electron chi connectivity index (χ1n) is 9.63. The number of nitrogens with zero attached hydrogens (tertiary/aromatic N) is 1. The zero-order valence-electron chi connectivity index (χ0n) is 15.7. The van der Waals surface area contributed by atoms with Crippen LogP contribution >= 0.6 is 0 Å². The molecule has 2 aromatic rings. The van der Waals surface area contributed by atoms with E-state index in [0.29, 0.717) is 0 Å². The van der Waals surface area contributed by atoms with Crippen LogP contribution in [0, 0.1) is 0 Å². The van der Waals surface area contributed by atoms with Crippen molar-refractivity contribution < 1.29 is 24.8 Å². The number of alkyl halides is 1. The van der Waals surface area contributed by atoms with Gasteiger partial charge in [-0.15, -0.1) is 0 Å². The molecule has 2 aromatic carbocycles. The molecule has 0 fully saturated rings. The molecule has 2 aliphatic heterocycles. The maximum atomic E-state index is 15.0. The molecule has 150 valence electrons. The zero-order valence-corrected chi connectivity index (χ0v) is 15.7. The molecule has 0 aromatic heterocycles. The summed E-state index contributed by atoms with van der Waals surface area (Å²) >= 11 is 0. The van der Waals surface area contributed by atoms with Gasteiger partial charge in [0.25, 0.3) is 0 Å². The highest BCUT2D eigenvalue weighted by Crippen LogP contribution is 2.55. The van der Waals surface area contributed by atoms with Crippen molar-refractivity contribution >= 4 is 0 Å². The number of fused-ring (bicyclic) bond motifs is 7. The highest BCUT2D eigenvalue weighted by atomic mass is 18.2. The van der Waals surface area contributed by atoms with Crippen LogP contribution in [0.3, 0.4) is 0 Å². The van der Waals surface area contributed by atoms with Gasteiger partial charge in [-0.25, -0.2) is 4.39 Å². The van der Waals surface area contributed by atoms with Crippen LogP contribution in [0.4, 0.5) is 4.39 Å². The van der Waals surface area contributed by atoms with Gasteiger partial charge in [0.15, 0.2) is 0 Å². The first kappa shape index (κ1) is 19.5. The van der Waals surface area contributed by atoms with E-state index in [1.165, 1.54) is 5.56 Å². The Balaban J connectivity index is 1.69. The fourth-order valence-corrected chi connectivity index (χ4v) is 4.92. The van der Waals surface area contributed by atoms with Crippen molar-refractivity contribution in [2.75, 3.05) is 13.2 Å². The second kappa shape index (κ2) is 7.21. The van der Waals surface area contributed by atoms with E-state index in [2.05, 4.69) is 31.2 Å². The van der Waals surface area contributed by atoms with E-state index >= 15 is 4.39 Å². The van der Waals surface area contributed by atoms with Crippen molar-refractivity contribution in [2.45, 2.75) is 49.4 Å². The normalized spacial score (nSPS) is 27.6. The van der Waals surface area contributed by atoms with Crippen LogP contribution in [-0.2, 0) is 12.0 Å². The minimum atomic E-state index is -1.79. The molecule has 0 saturated carbocycles. The average molecular weight is 386 g/mol. The van der Waals surface area contributed by atoms with Gasteiger partial charge in [-0.05, 0) is 35.6 Å². The molecule has 4 rings (SSSR count). The zero-order chi connectivity index (χ0) is 20.1. The Bertz CT molecular complexity index is 849. The molecule has 0 aliphatic carbocycles. The fourth-order valence-electron chi connectivity index (χ4n) is 4.92. The lowest BCUT2D eigenvalue weighted by molar-refractivity contribution is -0.107. The Labute approximate surface area is 163 Å². The minimum Gasteiger partial charge on any atom is -0.394 e. The first-order chi connectivity index (χ1) is 13.4. The summed E-state index contributed by atoms with van der Waals surface area (Å²) in [7, 11) is 0. The van der Waals surface area contributed by atoms with Crippen LogP contribution < -0.4 is 0 Å². The predicted octanol–water partition coefficient (Wildman–Crippen LogP) is 1.28. The molecular weight excluding hydrogens is 360 g/mol. The lowest BCUT2D eigenvalue weighted by Gasteiger charge is -2.45. The summed E-state index contributed by atoms with van der Waals surface area (Å²) in [6.45, 7) is 1.23. The van der Waals surface area contributed by atoms with Crippen molar-refractivity contribution in [1.82, 2.24) is 4.90 Å². The maximum Gasteiger partial charge on any atom is 0.141 e. The van der Waals surface area contributed by atoms with Crippen LogP contribution in [0.5, 0.6) is 0 Å². The van der Waals surface area contributed by atoms with Gasteiger partial charge in [-0.2, -0.15) is 0 Å². The lowest BCUT2D eigenvalue weighted by Crippen LogP contribution is -2.52. The molecule has 2 heterocycles. The first-order valence-corrected chi connectivity index (χ1v) is 9.63. The van der Waals surface area contributed by atoms with Gasteiger partial charge < -0.3 is 20.4 Å². The van der Waals surface area contributed by atoms with E-state index < -0.39 is 36.6 Å². The summed E-state index contributed by atoms with van der Waals surface area (Å²) in [6, 6.07) is 16.2. The predicted molar refractivity (Wildman–Crippen MR) is 102 cm³/mol. The Morgan fingerprint density at radius 1 is 1.04 bits per heavy atom. The topological polar surface area (TPSA) is 84.2 Å². The Hall–Kier alpha value is -1.83. The minimum absolute atomic E-state index is 0.0264. The summed E-state index contributed by atoms with van der Waals surface area (Å²) in [6.07, 6.45) is -6.15. The molecule has 6 heteroatoms. The van der Waals surface area contributed by atoms with Crippen molar-refractivity contribution in [1.29, 1.82) is 0 Å². The van der Waals surface area contributed by atoms with Crippen LogP contribution in [-0.4, -0.2) is 63.0 Å². The van der Waals surface area contributed by atoms with Gasteiger partial charge >= 0.3 is 0 Å². The number of hydrogen-bond acceptors (Lipinski definition) is 5. The molecule has 0 amide bonds. The summed E-state index contributed by atoms with van der Waals surface area (Å²) in [5.41, 5.74) is 4.09. The summed E-state index contributed by atoms with van der Waals surface area (Å²) in [5.74, 6) is 0. The van der Waals surface area contributed by atoms with Gasteiger partial charge in [-0.1, -0.05) is 48.5 Å². The van der Waals surface area contributed by atoms with Crippen molar-refractivity contribution in [3.8, 4) is 0 Å². The molecule has 2 bridgehead atoms. The largest absolute Gasteiger partial charge is 0.394 e. The molecule has 6 atom stereocenters. The quantitative estimate of drug-likeness (QED) is 0.601. The van der Waals surface area contributed by atoms with Gasteiger partial charge in [-0.3, -0.25) is 4.90 Å². The lowest BCUT2D eigenvalue weighted by atomic mass is 9.80. The van der Waals surface area contributed by atoms with Crippen LogP contribution in [0.15, 0.2) is 48.5 Å². The summed E-state index contributed by atoms with van der Waals surface area (Å²) < 4.78 is 15.0. The van der Waals surface area contributed by atoms with E-state index in [1.54, 1.807) is 0 Å². The Kier molecular flexibility index (Phi) is 5.02. The molecule has 4 N–H and O–H groups in total. The molecule has 6 unspecified atom stereocenters. The molecule has 28 heavy (non-hydrogen) atoms. The number of rotatable bonds is 6. The molecule has 0 spiro atoms. The third-order valence-electron chi connectivity index (χ3n) is 6.42. The maximum absolute atomic E-state index is 15.0. The number of hydrogen-bond donors (Lipinski definition) is 4. The molecular formula is C22H26FNO4. The molecule has 0 radical (unpaired) electrons. The van der Waals surface area contributed by atoms with E-state index in [9.17, 15) is 15.3 Å². The SMILES string of the molecule is CC12c3ccccc3CC(c3ccccc31)N2CC([18F])C(O)C(O)C(O)CO. The van der Waals surface area contributed by atoms with E-state index in [0.717, 1.165) is 23.1 Å².